The molecular weight excluding hydrogens is 206 g/mol. The number of nitrogens with one attached hydrogen (secondary N) is 2. The number of aromatic nitrogens is 2. The van der Waals surface area contributed by atoms with Crippen LogP contribution in [0.5, 0.6) is 5.88 Å². The monoisotopic (exact) mass is 219 g/mol. The van der Waals surface area contributed by atoms with Crippen molar-refractivity contribution in [3.05, 3.63) is 11.8 Å². The minimum atomic E-state index is 0.311. The predicted octanol–water partition coefficient (Wildman–Crippen LogP) is 0.131. The van der Waals surface area contributed by atoms with Crippen LogP contribution in [0.1, 0.15) is 12.0 Å². The lowest BCUT2D eigenvalue weighted by molar-refractivity contribution is 0.396. The van der Waals surface area contributed by atoms with Crippen molar-refractivity contribution in [3.8, 4) is 11.9 Å². The lowest BCUT2D eigenvalue weighted by atomic mass is 10.3. The summed E-state index contributed by atoms with van der Waals surface area (Å²) >= 11 is 0. The van der Waals surface area contributed by atoms with Gasteiger partial charge in [0.15, 0.2) is 0 Å². The number of hydrogen-bond acceptors (Lipinski definition) is 6. The molecule has 1 fully saturated rings. The van der Waals surface area contributed by atoms with Crippen LogP contribution in [0.15, 0.2) is 6.20 Å². The maximum absolute atomic E-state index is 8.78. The van der Waals surface area contributed by atoms with Gasteiger partial charge < -0.3 is 15.4 Å². The van der Waals surface area contributed by atoms with E-state index >= 15 is 0 Å². The Morgan fingerprint density at radius 1 is 1.69 bits per heavy atom. The fourth-order valence-corrected chi connectivity index (χ4v) is 1.63. The maximum Gasteiger partial charge on any atom is 0.236 e. The molecule has 2 heterocycles. The van der Waals surface area contributed by atoms with E-state index < -0.39 is 0 Å². The molecule has 1 atom stereocenters. The van der Waals surface area contributed by atoms with Gasteiger partial charge in [-0.15, -0.1) is 0 Å². The molecule has 1 unspecified atom stereocenters. The van der Waals surface area contributed by atoms with Gasteiger partial charge in [0.2, 0.25) is 11.8 Å². The van der Waals surface area contributed by atoms with Crippen LogP contribution in [0, 0.1) is 11.3 Å². The highest BCUT2D eigenvalue weighted by molar-refractivity contribution is 5.41. The zero-order chi connectivity index (χ0) is 11.4. The van der Waals surface area contributed by atoms with E-state index in [1.54, 1.807) is 0 Å². The molecule has 2 rings (SSSR count). The third-order valence-corrected chi connectivity index (χ3v) is 2.46. The highest BCUT2D eigenvalue weighted by Gasteiger charge is 2.16. The highest BCUT2D eigenvalue weighted by atomic mass is 16.5. The van der Waals surface area contributed by atoms with E-state index in [-0.39, 0.29) is 0 Å². The molecule has 0 amide bonds. The summed E-state index contributed by atoms with van der Waals surface area (Å²) in [6.07, 6.45) is 2.52. The van der Waals surface area contributed by atoms with E-state index in [9.17, 15) is 0 Å². The first-order valence-corrected chi connectivity index (χ1v) is 5.12. The smallest absolute Gasteiger partial charge is 0.236 e. The molecular formula is C10H13N5O. The van der Waals surface area contributed by atoms with E-state index in [1.807, 2.05) is 6.07 Å². The van der Waals surface area contributed by atoms with Crippen molar-refractivity contribution in [2.24, 2.45) is 0 Å². The molecule has 0 radical (unpaired) electrons. The zero-order valence-electron chi connectivity index (χ0n) is 9.03. The fourth-order valence-electron chi connectivity index (χ4n) is 1.63. The van der Waals surface area contributed by atoms with Crippen molar-refractivity contribution < 1.29 is 4.74 Å². The molecule has 16 heavy (non-hydrogen) atoms. The van der Waals surface area contributed by atoms with Gasteiger partial charge in [-0.05, 0) is 13.0 Å². The minimum Gasteiger partial charge on any atom is -0.480 e. The molecule has 0 aliphatic carbocycles. The number of methoxy groups -OCH3 is 1. The molecule has 2 N–H and O–H groups in total. The first-order chi connectivity index (χ1) is 7.83. The van der Waals surface area contributed by atoms with Crippen LogP contribution < -0.4 is 15.4 Å². The summed E-state index contributed by atoms with van der Waals surface area (Å²) in [6.45, 7) is 1.91. The molecule has 84 valence electrons. The Morgan fingerprint density at radius 3 is 3.19 bits per heavy atom. The van der Waals surface area contributed by atoms with Crippen LogP contribution in [0.4, 0.5) is 5.95 Å². The van der Waals surface area contributed by atoms with Crippen molar-refractivity contribution in [3.63, 3.8) is 0 Å². The van der Waals surface area contributed by atoms with Crippen LogP contribution in [-0.4, -0.2) is 36.2 Å². The lowest BCUT2D eigenvalue weighted by Gasteiger charge is -2.11. The Bertz CT molecular complexity index is 408. The zero-order valence-corrected chi connectivity index (χ0v) is 9.03. The molecule has 1 aromatic heterocycles. The predicted molar refractivity (Wildman–Crippen MR) is 58.2 cm³/mol. The van der Waals surface area contributed by atoms with Crippen LogP contribution in [-0.2, 0) is 0 Å². The van der Waals surface area contributed by atoms with E-state index in [4.69, 9.17) is 10.00 Å². The molecule has 0 spiro atoms. The van der Waals surface area contributed by atoms with E-state index in [1.165, 1.54) is 13.3 Å². The molecule has 1 aliphatic heterocycles. The van der Waals surface area contributed by atoms with Gasteiger partial charge in [0.1, 0.15) is 11.6 Å². The van der Waals surface area contributed by atoms with Crippen LogP contribution in [0.2, 0.25) is 0 Å². The normalized spacial score (nSPS) is 19.1. The number of ether oxygens (including phenoxy) is 1. The molecule has 0 aromatic carbocycles. The van der Waals surface area contributed by atoms with Crippen LogP contribution >= 0.6 is 0 Å². The van der Waals surface area contributed by atoms with Gasteiger partial charge in [-0.1, -0.05) is 0 Å². The Morgan fingerprint density at radius 2 is 2.56 bits per heavy atom. The van der Waals surface area contributed by atoms with Gasteiger partial charge >= 0.3 is 0 Å². The second kappa shape index (κ2) is 4.77. The van der Waals surface area contributed by atoms with Crippen molar-refractivity contribution in [2.75, 3.05) is 25.5 Å². The molecule has 6 heteroatoms. The van der Waals surface area contributed by atoms with Crippen LogP contribution in [0.3, 0.4) is 0 Å². The second-order valence-electron chi connectivity index (χ2n) is 3.56. The molecule has 1 aromatic rings. The summed E-state index contributed by atoms with van der Waals surface area (Å²) in [5.74, 6) is 0.815. The fraction of sp³-hybridized carbons (Fsp3) is 0.500. The topological polar surface area (TPSA) is 82.9 Å². The number of nitriles is 1. The Labute approximate surface area is 93.7 Å². The number of rotatable bonds is 3. The van der Waals surface area contributed by atoms with Gasteiger partial charge in [0.05, 0.1) is 13.3 Å². The largest absolute Gasteiger partial charge is 0.480 e. The lowest BCUT2D eigenvalue weighted by Crippen LogP contribution is -2.23. The summed E-state index contributed by atoms with van der Waals surface area (Å²) in [4.78, 5) is 8.20. The van der Waals surface area contributed by atoms with Gasteiger partial charge in [0.25, 0.3) is 0 Å². The number of hydrogen-bond donors (Lipinski definition) is 2. The van der Waals surface area contributed by atoms with E-state index in [2.05, 4.69) is 20.6 Å². The average Bonchev–Trinajstić information content (AvgIpc) is 2.81. The summed E-state index contributed by atoms with van der Waals surface area (Å²) in [5.41, 5.74) is 0.345. The maximum atomic E-state index is 8.78. The van der Waals surface area contributed by atoms with Crippen molar-refractivity contribution in [2.45, 2.75) is 12.5 Å². The number of anilines is 1. The third kappa shape index (κ3) is 2.20. The van der Waals surface area contributed by atoms with Gasteiger partial charge in [-0.3, -0.25) is 0 Å². The molecule has 0 bridgehead atoms. The third-order valence-electron chi connectivity index (χ3n) is 2.46. The Hall–Kier alpha value is -1.87. The first kappa shape index (κ1) is 10.6. The SMILES string of the molecule is COc1nc(NC2CCNC2)ncc1C#N. The van der Waals surface area contributed by atoms with Crippen LogP contribution in [0.25, 0.3) is 0 Å². The minimum absolute atomic E-state index is 0.311. The van der Waals surface area contributed by atoms with Gasteiger partial charge in [-0.25, -0.2) is 4.98 Å². The molecule has 1 saturated heterocycles. The molecule has 6 nitrogen and oxygen atoms in total. The molecule has 1 aliphatic rings. The Kier molecular flexibility index (Phi) is 3.17. The van der Waals surface area contributed by atoms with E-state index in [0.29, 0.717) is 23.4 Å². The van der Waals surface area contributed by atoms with E-state index in [0.717, 1.165) is 19.5 Å². The van der Waals surface area contributed by atoms with Gasteiger partial charge in [0, 0.05) is 12.6 Å². The van der Waals surface area contributed by atoms with Crippen molar-refractivity contribution in [1.29, 1.82) is 5.26 Å². The van der Waals surface area contributed by atoms with Gasteiger partial charge in [-0.2, -0.15) is 10.2 Å². The average molecular weight is 219 g/mol. The summed E-state index contributed by atoms with van der Waals surface area (Å²) in [7, 11) is 1.49. The first-order valence-electron chi connectivity index (χ1n) is 5.12. The van der Waals surface area contributed by atoms with Crippen molar-refractivity contribution >= 4 is 5.95 Å². The second-order valence-corrected chi connectivity index (χ2v) is 3.56. The number of nitrogens with zero attached hydrogens (tertiary/aromatic N) is 3. The summed E-state index contributed by atoms with van der Waals surface area (Å²) in [6, 6.07) is 2.32. The summed E-state index contributed by atoms with van der Waals surface area (Å²) < 4.78 is 5.01. The highest BCUT2D eigenvalue weighted by Crippen LogP contribution is 2.15. The Balaban J connectivity index is 2.13. The standard InChI is InChI=1S/C10H13N5O/c1-16-9-7(4-11)5-13-10(15-9)14-8-2-3-12-6-8/h5,8,12H,2-3,6H2,1H3,(H,13,14,15). The quantitative estimate of drug-likeness (QED) is 0.752. The van der Waals surface area contributed by atoms with Crippen molar-refractivity contribution in [1.82, 2.24) is 15.3 Å². The summed E-state index contributed by atoms with van der Waals surface area (Å²) in [5, 5.41) is 15.2. The molecule has 0 saturated carbocycles.